The number of aromatic nitrogens is 3. The van der Waals surface area contributed by atoms with Gasteiger partial charge in [0.15, 0.2) is 23.3 Å². The van der Waals surface area contributed by atoms with Gasteiger partial charge in [-0.15, -0.1) is 24.0 Å². The monoisotopic (exact) mass is 528 g/mol. The number of methoxy groups -OCH3 is 1. The number of nitrogens with one attached hydrogen (secondary N) is 2. The van der Waals surface area contributed by atoms with Crippen molar-refractivity contribution in [2.24, 2.45) is 4.99 Å². The number of halogens is 1. The van der Waals surface area contributed by atoms with Crippen LogP contribution in [0.2, 0.25) is 0 Å². The maximum Gasteiger partial charge on any atom is 0.191 e. The molecule has 166 valence electrons. The summed E-state index contributed by atoms with van der Waals surface area (Å²) < 4.78 is 13.4. The van der Waals surface area contributed by atoms with Crippen LogP contribution in [0.3, 0.4) is 0 Å². The van der Waals surface area contributed by atoms with E-state index in [1.807, 2.05) is 35.9 Å². The molecule has 1 aromatic heterocycles. The van der Waals surface area contributed by atoms with Crippen LogP contribution in [-0.4, -0.2) is 53.1 Å². The fourth-order valence-corrected chi connectivity index (χ4v) is 3.33. The fraction of sp³-hybridized carbons (Fsp3) is 0.571. The normalized spacial score (nSPS) is 16.8. The van der Waals surface area contributed by atoms with Gasteiger partial charge in [0.25, 0.3) is 0 Å². The van der Waals surface area contributed by atoms with Crippen molar-refractivity contribution in [1.29, 1.82) is 0 Å². The van der Waals surface area contributed by atoms with Gasteiger partial charge in [-0.1, -0.05) is 19.1 Å². The Balaban J connectivity index is 0.00000320. The number of hydrogen-bond acceptors (Lipinski definition) is 5. The van der Waals surface area contributed by atoms with Crippen LogP contribution < -0.4 is 20.1 Å². The molecule has 0 radical (unpaired) electrons. The summed E-state index contributed by atoms with van der Waals surface area (Å²) in [5.74, 6) is 4.26. The van der Waals surface area contributed by atoms with Crippen molar-refractivity contribution in [3.63, 3.8) is 0 Å². The number of para-hydroxylation sites is 2. The van der Waals surface area contributed by atoms with Crippen LogP contribution in [0.1, 0.15) is 38.8 Å². The van der Waals surface area contributed by atoms with Gasteiger partial charge in [-0.05, 0) is 32.4 Å². The lowest BCUT2D eigenvalue weighted by molar-refractivity contribution is 0.219. The van der Waals surface area contributed by atoms with Gasteiger partial charge < -0.3 is 20.1 Å². The van der Waals surface area contributed by atoms with Crippen molar-refractivity contribution >= 4 is 29.9 Å². The van der Waals surface area contributed by atoms with Gasteiger partial charge in [-0.25, -0.2) is 14.7 Å². The Morgan fingerprint density at radius 1 is 1.30 bits per heavy atom. The maximum absolute atomic E-state index is 6.01. The van der Waals surface area contributed by atoms with E-state index in [1.165, 1.54) is 0 Å². The third kappa shape index (κ3) is 6.48. The van der Waals surface area contributed by atoms with Crippen LogP contribution in [0.5, 0.6) is 11.5 Å². The Morgan fingerprint density at radius 3 is 2.77 bits per heavy atom. The van der Waals surface area contributed by atoms with Crippen molar-refractivity contribution in [2.75, 3.05) is 20.2 Å². The van der Waals surface area contributed by atoms with Crippen molar-refractivity contribution in [3.05, 3.63) is 35.9 Å². The zero-order valence-corrected chi connectivity index (χ0v) is 20.6. The summed E-state index contributed by atoms with van der Waals surface area (Å²) in [6.45, 7) is 8.30. The van der Waals surface area contributed by atoms with E-state index in [0.29, 0.717) is 6.54 Å². The maximum atomic E-state index is 6.01. The number of ether oxygens (including phenoxy) is 2. The highest BCUT2D eigenvalue weighted by atomic mass is 127. The molecule has 0 fully saturated rings. The molecule has 8 nitrogen and oxygen atoms in total. The number of rotatable bonds is 8. The van der Waals surface area contributed by atoms with Crippen molar-refractivity contribution < 1.29 is 9.47 Å². The number of aryl methyl sites for hydroxylation is 2. The van der Waals surface area contributed by atoms with Crippen molar-refractivity contribution in [1.82, 2.24) is 25.4 Å². The smallest absolute Gasteiger partial charge is 0.191 e. The van der Waals surface area contributed by atoms with Crippen molar-refractivity contribution in [3.8, 4) is 11.5 Å². The molecule has 2 heterocycles. The van der Waals surface area contributed by atoms with Gasteiger partial charge in [0.05, 0.1) is 20.2 Å². The molecule has 0 amide bonds. The molecular formula is C21H33IN6O2. The minimum absolute atomic E-state index is 0. The number of aliphatic imine (C=N–C) groups is 1. The molecule has 1 aliphatic heterocycles. The topological polar surface area (TPSA) is 85.6 Å². The molecule has 2 N–H and O–H groups in total. The van der Waals surface area contributed by atoms with E-state index in [0.717, 1.165) is 61.5 Å². The molecule has 0 saturated heterocycles. The van der Waals surface area contributed by atoms with Gasteiger partial charge in [-0.2, -0.15) is 5.10 Å². The molecule has 0 bridgehead atoms. The molecule has 1 aromatic carbocycles. The number of benzene rings is 1. The highest BCUT2D eigenvalue weighted by Crippen LogP contribution is 2.26. The molecule has 0 saturated carbocycles. The molecule has 2 aromatic rings. The van der Waals surface area contributed by atoms with Crippen LogP contribution >= 0.6 is 24.0 Å². The van der Waals surface area contributed by atoms with Gasteiger partial charge in [0.2, 0.25) is 0 Å². The van der Waals surface area contributed by atoms with E-state index in [4.69, 9.17) is 14.5 Å². The summed E-state index contributed by atoms with van der Waals surface area (Å²) >= 11 is 0. The number of fused-ring (bicyclic) bond motifs is 1. The fourth-order valence-electron chi connectivity index (χ4n) is 3.33. The molecule has 2 unspecified atom stereocenters. The van der Waals surface area contributed by atoms with E-state index < -0.39 is 0 Å². The summed E-state index contributed by atoms with van der Waals surface area (Å²) in [5.41, 5.74) is 0. The largest absolute Gasteiger partial charge is 0.493 e. The van der Waals surface area contributed by atoms with E-state index in [-0.39, 0.29) is 36.1 Å². The zero-order chi connectivity index (χ0) is 20.6. The van der Waals surface area contributed by atoms with Crippen LogP contribution in [0, 0.1) is 0 Å². The Morgan fingerprint density at radius 2 is 2.07 bits per heavy atom. The number of nitrogens with zero attached hydrogens (tertiary/aromatic N) is 4. The number of hydrogen-bond donors (Lipinski definition) is 2. The Labute approximate surface area is 195 Å². The lowest BCUT2D eigenvalue weighted by Crippen LogP contribution is -2.47. The highest BCUT2D eigenvalue weighted by molar-refractivity contribution is 14.0. The third-order valence-electron chi connectivity index (χ3n) is 4.81. The lowest BCUT2D eigenvalue weighted by atomic mass is 10.1. The van der Waals surface area contributed by atoms with Gasteiger partial charge in [0.1, 0.15) is 11.9 Å². The second kappa shape index (κ2) is 12.0. The molecule has 2 atom stereocenters. The van der Waals surface area contributed by atoms with Crippen LogP contribution in [0.15, 0.2) is 29.3 Å². The van der Waals surface area contributed by atoms with Crippen LogP contribution in [0.25, 0.3) is 0 Å². The number of guanidine groups is 1. The molecule has 3 rings (SSSR count). The van der Waals surface area contributed by atoms with Crippen molar-refractivity contribution in [2.45, 2.75) is 58.7 Å². The Hall–Kier alpha value is -2.04. The minimum Gasteiger partial charge on any atom is -0.493 e. The first-order valence-corrected chi connectivity index (χ1v) is 10.4. The second-order valence-electron chi connectivity index (χ2n) is 7.16. The summed E-state index contributed by atoms with van der Waals surface area (Å²) in [7, 11) is 1.65. The molecule has 0 spiro atoms. The standard InChI is InChI=1S/C21H32N6O2.HI/c1-5-19-25-20-12-11-16(14-27(20)26-19)24-21(22-6-2)23-13-15(3)29-18-10-8-7-9-17(18)28-4;/h7-10,15-16H,5-6,11-14H2,1-4H3,(H2,22,23,24);1H. The first-order chi connectivity index (χ1) is 14.1. The molecule has 1 aliphatic rings. The van der Waals surface area contributed by atoms with Gasteiger partial charge in [-0.3, -0.25) is 0 Å². The summed E-state index contributed by atoms with van der Waals surface area (Å²) in [6.07, 6.45) is 2.73. The van der Waals surface area contributed by atoms with Gasteiger partial charge >= 0.3 is 0 Å². The summed E-state index contributed by atoms with van der Waals surface area (Å²) in [4.78, 5) is 9.30. The van der Waals surface area contributed by atoms with E-state index in [2.05, 4.69) is 34.6 Å². The predicted molar refractivity (Wildman–Crippen MR) is 129 cm³/mol. The summed E-state index contributed by atoms with van der Waals surface area (Å²) in [5, 5.41) is 11.4. The Kier molecular flexibility index (Phi) is 9.67. The van der Waals surface area contributed by atoms with E-state index >= 15 is 0 Å². The third-order valence-corrected chi connectivity index (χ3v) is 4.81. The highest BCUT2D eigenvalue weighted by Gasteiger charge is 2.22. The molecule has 9 heteroatoms. The summed E-state index contributed by atoms with van der Waals surface area (Å²) in [6, 6.07) is 7.94. The first-order valence-electron chi connectivity index (χ1n) is 10.4. The van der Waals surface area contributed by atoms with Gasteiger partial charge in [0, 0.05) is 25.4 Å². The molecule has 0 aliphatic carbocycles. The van der Waals surface area contributed by atoms with E-state index in [9.17, 15) is 0 Å². The molecular weight excluding hydrogens is 495 g/mol. The first kappa shape index (κ1) is 24.2. The second-order valence-corrected chi connectivity index (χ2v) is 7.16. The van der Waals surface area contributed by atoms with Crippen LogP contribution in [-0.2, 0) is 19.4 Å². The average Bonchev–Trinajstić information content (AvgIpc) is 3.15. The predicted octanol–water partition coefficient (Wildman–Crippen LogP) is 2.80. The minimum atomic E-state index is -0.0813. The Bertz CT molecular complexity index is 826. The quantitative estimate of drug-likeness (QED) is 0.312. The lowest BCUT2D eigenvalue weighted by Gasteiger charge is -2.25. The zero-order valence-electron chi connectivity index (χ0n) is 18.2. The van der Waals surface area contributed by atoms with E-state index in [1.54, 1.807) is 7.11 Å². The SMILES string of the molecule is CCNC(=NCC(C)Oc1ccccc1OC)NC1CCc2nc(CC)nn2C1.I. The molecule has 30 heavy (non-hydrogen) atoms. The van der Waals surface area contributed by atoms with Crippen LogP contribution in [0.4, 0.5) is 0 Å². The average molecular weight is 528 g/mol.